The van der Waals surface area contributed by atoms with Crippen LogP contribution in [0.4, 0.5) is 0 Å². The minimum Gasteiger partial charge on any atom is -0.461 e. The van der Waals surface area contributed by atoms with Crippen LogP contribution >= 0.6 is 0 Å². The van der Waals surface area contributed by atoms with Crippen LogP contribution in [0.25, 0.3) is 11.0 Å². The molecule has 2 heteroatoms. The summed E-state index contributed by atoms with van der Waals surface area (Å²) in [4.78, 5) is 0. The van der Waals surface area contributed by atoms with Gasteiger partial charge in [0.25, 0.3) is 0 Å². The van der Waals surface area contributed by atoms with Crippen molar-refractivity contribution in [2.45, 2.75) is 19.3 Å². The lowest BCUT2D eigenvalue weighted by Gasteiger charge is -2.15. The van der Waals surface area contributed by atoms with Crippen molar-refractivity contribution in [2.75, 3.05) is 13.6 Å². The van der Waals surface area contributed by atoms with Gasteiger partial charge in [-0.2, -0.15) is 0 Å². The van der Waals surface area contributed by atoms with Crippen molar-refractivity contribution in [3.8, 4) is 0 Å². The Balaban J connectivity index is 1.87. The van der Waals surface area contributed by atoms with E-state index in [0.29, 0.717) is 5.92 Å². The first-order chi connectivity index (χ1) is 10.3. The van der Waals surface area contributed by atoms with Crippen LogP contribution in [-0.4, -0.2) is 13.6 Å². The molecule has 0 saturated carbocycles. The van der Waals surface area contributed by atoms with E-state index < -0.39 is 0 Å². The Morgan fingerprint density at radius 3 is 2.62 bits per heavy atom. The first-order valence-electron chi connectivity index (χ1n) is 7.45. The van der Waals surface area contributed by atoms with E-state index in [4.69, 9.17) is 4.42 Å². The molecule has 0 radical (unpaired) electrons. The molecule has 0 bridgehead atoms. The lowest BCUT2D eigenvalue weighted by Crippen LogP contribution is -2.18. The van der Waals surface area contributed by atoms with E-state index in [1.807, 2.05) is 7.05 Å². The zero-order valence-electron chi connectivity index (χ0n) is 12.6. The Bertz CT molecular complexity index is 715. The number of likely N-dealkylation sites (N-methyl/N-ethyl adjacent to an activating group) is 1. The van der Waals surface area contributed by atoms with E-state index in [1.165, 1.54) is 16.5 Å². The minimum absolute atomic E-state index is 0.429. The van der Waals surface area contributed by atoms with Crippen LogP contribution in [0, 0.1) is 6.92 Å². The Labute approximate surface area is 125 Å². The van der Waals surface area contributed by atoms with Gasteiger partial charge in [-0.15, -0.1) is 0 Å². The van der Waals surface area contributed by atoms with Gasteiger partial charge in [0.05, 0.1) is 0 Å². The summed E-state index contributed by atoms with van der Waals surface area (Å²) in [5.41, 5.74) is 3.60. The summed E-state index contributed by atoms with van der Waals surface area (Å²) in [5, 5.41) is 4.48. The van der Waals surface area contributed by atoms with E-state index in [1.54, 1.807) is 0 Å². The SMILES string of the molecule is CNCC(Cc1cc2cc(C)ccc2o1)c1ccccc1. The van der Waals surface area contributed by atoms with Gasteiger partial charge in [0.15, 0.2) is 0 Å². The quantitative estimate of drug-likeness (QED) is 0.754. The zero-order valence-corrected chi connectivity index (χ0v) is 12.6. The molecule has 1 N–H and O–H groups in total. The second kappa shape index (κ2) is 6.15. The monoisotopic (exact) mass is 279 g/mol. The second-order valence-electron chi connectivity index (χ2n) is 5.62. The van der Waals surface area contributed by atoms with E-state index in [0.717, 1.165) is 24.3 Å². The normalized spacial score (nSPS) is 12.7. The fourth-order valence-corrected chi connectivity index (χ4v) is 2.84. The molecule has 0 fully saturated rings. The molecule has 0 aliphatic rings. The topological polar surface area (TPSA) is 25.2 Å². The van der Waals surface area contributed by atoms with Crippen LogP contribution in [-0.2, 0) is 6.42 Å². The Kier molecular flexibility index (Phi) is 4.07. The number of benzene rings is 2. The molecule has 21 heavy (non-hydrogen) atoms. The molecule has 0 amide bonds. The summed E-state index contributed by atoms with van der Waals surface area (Å²) >= 11 is 0. The Morgan fingerprint density at radius 2 is 1.86 bits per heavy atom. The fraction of sp³-hybridized carbons (Fsp3) is 0.263. The number of hydrogen-bond acceptors (Lipinski definition) is 2. The number of nitrogens with one attached hydrogen (secondary N) is 1. The number of fused-ring (bicyclic) bond motifs is 1. The van der Waals surface area contributed by atoms with Crippen molar-refractivity contribution in [3.63, 3.8) is 0 Å². The Hall–Kier alpha value is -2.06. The van der Waals surface area contributed by atoms with E-state index in [9.17, 15) is 0 Å². The van der Waals surface area contributed by atoms with Gasteiger partial charge in [0, 0.05) is 24.3 Å². The standard InChI is InChI=1S/C19H21NO/c1-14-8-9-19-16(10-14)11-18(21-19)12-17(13-20-2)15-6-4-3-5-7-15/h3-11,17,20H,12-13H2,1-2H3. The summed E-state index contributed by atoms with van der Waals surface area (Å²) in [6.07, 6.45) is 0.915. The van der Waals surface area contributed by atoms with Crippen molar-refractivity contribution in [2.24, 2.45) is 0 Å². The van der Waals surface area contributed by atoms with Crippen LogP contribution in [0.3, 0.4) is 0 Å². The summed E-state index contributed by atoms with van der Waals surface area (Å²) in [7, 11) is 2.00. The average molecular weight is 279 g/mol. The number of furan rings is 1. The third-order valence-corrected chi connectivity index (χ3v) is 3.89. The molecule has 0 spiro atoms. The van der Waals surface area contributed by atoms with Crippen molar-refractivity contribution in [3.05, 3.63) is 71.5 Å². The predicted molar refractivity (Wildman–Crippen MR) is 87.8 cm³/mol. The van der Waals surface area contributed by atoms with Gasteiger partial charge < -0.3 is 9.73 Å². The maximum absolute atomic E-state index is 5.99. The molecule has 1 unspecified atom stereocenters. The number of hydrogen-bond donors (Lipinski definition) is 1. The molecular formula is C19H21NO. The molecule has 0 aliphatic heterocycles. The van der Waals surface area contributed by atoms with E-state index >= 15 is 0 Å². The largest absolute Gasteiger partial charge is 0.461 e. The van der Waals surface area contributed by atoms with Crippen molar-refractivity contribution in [1.82, 2.24) is 5.32 Å². The fourth-order valence-electron chi connectivity index (χ4n) is 2.84. The van der Waals surface area contributed by atoms with Crippen LogP contribution in [0.2, 0.25) is 0 Å². The molecule has 1 heterocycles. The maximum atomic E-state index is 5.99. The lowest BCUT2D eigenvalue weighted by molar-refractivity contribution is 0.506. The summed E-state index contributed by atoms with van der Waals surface area (Å²) in [5.74, 6) is 1.48. The molecule has 1 aromatic heterocycles. The summed E-state index contributed by atoms with van der Waals surface area (Å²) in [6, 6.07) is 19.1. The molecule has 0 aliphatic carbocycles. The summed E-state index contributed by atoms with van der Waals surface area (Å²) < 4.78 is 5.99. The maximum Gasteiger partial charge on any atom is 0.134 e. The molecule has 108 valence electrons. The van der Waals surface area contributed by atoms with Gasteiger partial charge in [-0.1, -0.05) is 42.0 Å². The lowest BCUT2D eigenvalue weighted by atomic mass is 9.94. The van der Waals surface area contributed by atoms with Gasteiger partial charge in [-0.25, -0.2) is 0 Å². The van der Waals surface area contributed by atoms with E-state index in [2.05, 4.69) is 66.8 Å². The molecular weight excluding hydrogens is 258 g/mol. The zero-order chi connectivity index (χ0) is 14.7. The highest BCUT2D eigenvalue weighted by Gasteiger charge is 2.14. The second-order valence-corrected chi connectivity index (χ2v) is 5.62. The average Bonchev–Trinajstić information content (AvgIpc) is 2.89. The number of rotatable bonds is 5. The van der Waals surface area contributed by atoms with E-state index in [-0.39, 0.29) is 0 Å². The molecule has 2 nitrogen and oxygen atoms in total. The first-order valence-corrected chi connectivity index (χ1v) is 7.45. The van der Waals surface area contributed by atoms with Crippen LogP contribution in [0.5, 0.6) is 0 Å². The highest BCUT2D eigenvalue weighted by molar-refractivity contribution is 5.78. The molecule has 3 rings (SSSR count). The van der Waals surface area contributed by atoms with Crippen molar-refractivity contribution < 1.29 is 4.42 Å². The van der Waals surface area contributed by atoms with Crippen molar-refractivity contribution in [1.29, 1.82) is 0 Å². The van der Waals surface area contributed by atoms with Crippen LogP contribution in [0.15, 0.2) is 59.0 Å². The first kappa shape index (κ1) is 13.9. The van der Waals surface area contributed by atoms with Gasteiger partial charge >= 0.3 is 0 Å². The third kappa shape index (κ3) is 3.17. The highest BCUT2D eigenvalue weighted by Crippen LogP contribution is 2.26. The smallest absolute Gasteiger partial charge is 0.134 e. The third-order valence-electron chi connectivity index (χ3n) is 3.89. The van der Waals surface area contributed by atoms with Gasteiger partial charge in [0.1, 0.15) is 11.3 Å². The minimum atomic E-state index is 0.429. The number of aryl methyl sites for hydroxylation is 1. The molecule has 1 atom stereocenters. The Morgan fingerprint density at radius 1 is 1.05 bits per heavy atom. The predicted octanol–water partition coefficient (Wildman–Crippen LogP) is 4.29. The highest BCUT2D eigenvalue weighted by atomic mass is 16.3. The van der Waals surface area contributed by atoms with Gasteiger partial charge in [-0.05, 0) is 37.7 Å². The molecule has 2 aromatic carbocycles. The molecule has 0 saturated heterocycles. The van der Waals surface area contributed by atoms with Crippen LogP contribution < -0.4 is 5.32 Å². The molecule has 3 aromatic rings. The van der Waals surface area contributed by atoms with Gasteiger partial charge in [-0.3, -0.25) is 0 Å². The van der Waals surface area contributed by atoms with Crippen molar-refractivity contribution >= 4 is 11.0 Å². The van der Waals surface area contributed by atoms with Gasteiger partial charge in [0.2, 0.25) is 0 Å². The summed E-state index contributed by atoms with van der Waals surface area (Å²) in [6.45, 7) is 3.06. The van der Waals surface area contributed by atoms with Crippen LogP contribution in [0.1, 0.15) is 22.8 Å².